The Bertz CT molecular complexity index is 400. The van der Waals surface area contributed by atoms with Gasteiger partial charge in [-0.15, -0.1) is 23.7 Å². The molecule has 0 radical (unpaired) electrons. The lowest BCUT2D eigenvalue weighted by atomic mass is 10.0. The molecule has 2 rings (SSSR count). The molecule has 0 aromatic carbocycles. The molecule has 1 aromatic rings. The Morgan fingerprint density at radius 2 is 2.22 bits per heavy atom. The van der Waals surface area contributed by atoms with Crippen LogP contribution in [0.1, 0.15) is 39.9 Å². The molecule has 1 amide bonds. The molecule has 18 heavy (non-hydrogen) atoms. The van der Waals surface area contributed by atoms with Crippen molar-refractivity contribution in [2.45, 2.75) is 45.7 Å². The minimum absolute atomic E-state index is 0. The summed E-state index contributed by atoms with van der Waals surface area (Å²) < 4.78 is 0. The van der Waals surface area contributed by atoms with E-state index in [-0.39, 0.29) is 18.3 Å². The third kappa shape index (κ3) is 3.70. The maximum atomic E-state index is 12.1. The van der Waals surface area contributed by atoms with Crippen molar-refractivity contribution in [2.24, 2.45) is 0 Å². The summed E-state index contributed by atoms with van der Waals surface area (Å²) in [4.78, 5) is 14.1. The highest BCUT2D eigenvalue weighted by atomic mass is 35.5. The van der Waals surface area contributed by atoms with Crippen LogP contribution in [0.25, 0.3) is 0 Å². The van der Waals surface area contributed by atoms with E-state index < -0.39 is 0 Å². The molecule has 2 N–H and O–H groups in total. The molecule has 2 unspecified atom stereocenters. The minimum atomic E-state index is 0. The van der Waals surface area contributed by atoms with Crippen LogP contribution in [0, 0.1) is 13.8 Å². The van der Waals surface area contributed by atoms with Crippen LogP contribution in [-0.4, -0.2) is 24.5 Å². The smallest absolute Gasteiger partial charge is 0.261 e. The topological polar surface area (TPSA) is 41.1 Å². The number of hydrogen-bond donors (Lipinski definition) is 2. The average molecular weight is 289 g/mol. The Morgan fingerprint density at radius 3 is 2.78 bits per heavy atom. The molecule has 1 aliphatic rings. The van der Waals surface area contributed by atoms with Crippen LogP contribution in [0.2, 0.25) is 0 Å². The Labute approximate surface area is 119 Å². The Balaban J connectivity index is 0.00000162. The zero-order valence-electron chi connectivity index (χ0n) is 11.1. The molecule has 102 valence electrons. The molecule has 2 heterocycles. The van der Waals surface area contributed by atoms with E-state index in [2.05, 4.69) is 31.4 Å². The summed E-state index contributed by atoms with van der Waals surface area (Å²) >= 11 is 1.58. The van der Waals surface area contributed by atoms with Gasteiger partial charge < -0.3 is 10.6 Å². The van der Waals surface area contributed by atoms with Crippen LogP contribution in [-0.2, 0) is 0 Å². The molecule has 1 saturated heterocycles. The largest absolute Gasteiger partial charge is 0.349 e. The molecule has 0 saturated carbocycles. The molecule has 3 nitrogen and oxygen atoms in total. The molecule has 0 spiro atoms. The Kier molecular flexibility index (Phi) is 5.63. The number of carbonyl (C=O) groups excluding carboxylic acids is 1. The fraction of sp³-hybridized carbons (Fsp3) is 0.615. The molecule has 2 atom stereocenters. The third-order valence-electron chi connectivity index (χ3n) is 3.35. The molecule has 5 heteroatoms. The molecule has 0 bridgehead atoms. The van der Waals surface area contributed by atoms with Crippen LogP contribution in [0.4, 0.5) is 0 Å². The summed E-state index contributed by atoms with van der Waals surface area (Å²) in [6.45, 7) is 7.27. The van der Waals surface area contributed by atoms with Crippen molar-refractivity contribution in [2.75, 3.05) is 6.54 Å². The van der Waals surface area contributed by atoms with Gasteiger partial charge in [0.2, 0.25) is 0 Å². The highest BCUT2D eigenvalue weighted by Gasteiger charge is 2.21. The van der Waals surface area contributed by atoms with Gasteiger partial charge in [-0.25, -0.2) is 0 Å². The lowest BCUT2D eigenvalue weighted by molar-refractivity contribution is 0.0930. The summed E-state index contributed by atoms with van der Waals surface area (Å²) in [5.74, 6) is 0.0882. The van der Waals surface area contributed by atoms with Crippen LogP contribution in [0.3, 0.4) is 0 Å². The predicted molar refractivity (Wildman–Crippen MR) is 79.0 cm³/mol. The van der Waals surface area contributed by atoms with E-state index in [9.17, 15) is 4.79 Å². The van der Waals surface area contributed by atoms with E-state index >= 15 is 0 Å². The number of rotatable bonds is 2. The van der Waals surface area contributed by atoms with Gasteiger partial charge in [0.1, 0.15) is 0 Å². The van der Waals surface area contributed by atoms with Crippen LogP contribution < -0.4 is 10.6 Å². The predicted octanol–water partition coefficient (Wildman–Crippen LogP) is 2.66. The van der Waals surface area contributed by atoms with Gasteiger partial charge in [-0.2, -0.15) is 0 Å². The quantitative estimate of drug-likeness (QED) is 0.878. The normalized spacial score (nSPS) is 23.3. The maximum absolute atomic E-state index is 12.1. The first-order valence-corrected chi connectivity index (χ1v) is 6.99. The van der Waals surface area contributed by atoms with Gasteiger partial charge in [0.25, 0.3) is 5.91 Å². The van der Waals surface area contributed by atoms with Crippen molar-refractivity contribution in [3.8, 4) is 0 Å². The number of thiophene rings is 1. The van der Waals surface area contributed by atoms with Crippen LogP contribution >= 0.6 is 23.7 Å². The number of hydrogen-bond acceptors (Lipinski definition) is 3. The highest BCUT2D eigenvalue weighted by Crippen LogP contribution is 2.21. The van der Waals surface area contributed by atoms with E-state index in [1.165, 1.54) is 10.4 Å². The second-order valence-electron chi connectivity index (χ2n) is 4.90. The zero-order valence-corrected chi connectivity index (χ0v) is 12.7. The zero-order chi connectivity index (χ0) is 12.4. The molecular formula is C13H21ClN2OS. The lowest BCUT2D eigenvalue weighted by Crippen LogP contribution is -2.46. The van der Waals surface area contributed by atoms with Gasteiger partial charge in [-0.3, -0.25) is 4.79 Å². The maximum Gasteiger partial charge on any atom is 0.261 e. The van der Waals surface area contributed by atoms with E-state index in [0.29, 0.717) is 12.1 Å². The number of carbonyl (C=O) groups is 1. The SMILES string of the molecule is Cc1cc(C(=O)NC2CCNC(C)C2)sc1C.Cl. The van der Waals surface area contributed by atoms with Gasteiger partial charge in [0.05, 0.1) is 4.88 Å². The van der Waals surface area contributed by atoms with Crippen molar-refractivity contribution in [1.29, 1.82) is 0 Å². The highest BCUT2D eigenvalue weighted by molar-refractivity contribution is 7.14. The summed E-state index contributed by atoms with van der Waals surface area (Å²) in [6, 6.07) is 2.81. The Hall–Kier alpha value is -0.580. The fourth-order valence-electron chi connectivity index (χ4n) is 2.20. The molecule has 1 aromatic heterocycles. The molecule has 0 aliphatic carbocycles. The minimum Gasteiger partial charge on any atom is -0.349 e. The summed E-state index contributed by atoms with van der Waals surface area (Å²) in [5.41, 5.74) is 1.21. The second kappa shape index (κ2) is 6.55. The van der Waals surface area contributed by atoms with Gasteiger partial charge in [-0.05, 0) is 51.8 Å². The monoisotopic (exact) mass is 288 g/mol. The first kappa shape index (κ1) is 15.5. The van der Waals surface area contributed by atoms with Gasteiger partial charge in [-0.1, -0.05) is 0 Å². The first-order chi connectivity index (χ1) is 8.06. The molecular weight excluding hydrogens is 268 g/mol. The Morgan fingerprint density at radius 1 is 1.50 bits per heavy atom. The van der Waals surface area contributed by atoms with E-state index in [4.69, 9.17) is 0 Å². The van der Waals surface area contributed by atoms with Crippen molar-refractivity contribution >= 4 is 29.7 Å². The van der Waals surface area contributed by atoms with Gasteiger partial charge in [0, 0.05) is 17.0 Å². The fourth-order valence-corrected chi connectivity index (χ4v) is 3.14. The third-order valence-corrected chi connectivity index (χ3v) is 4.50. The number of aryl methyl sites for hydroxylation is 2. The number of halogens is 1. The van der Waals surface area contributed by atoms with Crippen LogP contribution in [0.15, 0.2) is 6.07 Å². The van der Waals surface area contributed by atoms with Gasteiger partial charge >= 0.3 is 0 Å². The first-order valence-electron chi connectivity index (χ1n) is 6.17. The number of piperidine rings is 1. The number of amides is 1. The van der Waals surface area contributed by atoms with Crippen molar-refractivity contribution in [3.05, 3.63) is 21.4 Å². The van der Waals surface area contributed by atoms with Crippen molar-refractivity contribution in [3.63, 3.8) is 0 Å². The summed E-state index contributed by atoms with van der Waals surface area (Å²) in [5, 5.41) is 6.53. The average Bonchev–Trinajstić information content (AvgIpc) is 2.59. The van der Waals surface area contributed by atoms with Crippen molar-refractivity contribution < 1.29 is 4.79 Å². The standard InChI is InChI=1S/C13H20N2OS.ClH/c1-8-6-12(17-10(8)3)13(16)15-11-4-5-14-9(2)7-11;/h6,9,11,14H,4-5,7H2,1-3H3,(H,15,16);1H. The summed E-state index contributed by atoms with van der Waals surface area (Å²) in [6.07, 6.45) is 2.05. The van der Waals surface area contributed by atoms with Gasteiger partial charge in [0.15, 0.2) is 0 Å². The van der Waals surface area contributed by atoms with E-state index in [1.54, 1.807) is 11.3 Å². The van der Waals surface area contributed by atoms with E-state index in [1.807, 2.05) is 6.07 Å². The van der Waals surface area contributed by atoms with Crippen molar-refractivity contribution in [1.82, 2.24) is 10.6 Å². The lowest BCUT2D eigenvalue weighted by Gasteiger charge is -2.28. The van der Waals surface area contributed by atoms with E-state index in [0.717, 1.165) is 24.3 Å². The molecule has 1 fully saturated rings. The molecule has 1 aliphatic heterocycles. The second-order valence-corrected chi connectivity index (χ2v) is 6.16. The number of nitrogens with one attached hydrogen (secondary N) is 2. The van der Waals surface area contributed by atoms with Crippen LogP contribution in [0.5, 0.6) is 0 Å². The summed E-state index contributed by atoms with van der Waals surface area (Å²) in [7, 11) is 0.